The Labute approximate surface area is 146 Å². The van der Waals surface area contributed by atoms with Crippen LogP contribution < -0.4 is 10.1 Å². The predicted molar refractivity (Wildman–Crippen MR) is 94.2 cm³/mol. The van der Waals surface area contributed by atoms with E-state index < -0.39 is 11.9 Å². The molecule has 0 unspecified atom stereocenters. The average Bonchev–Trinajstić information content (AvgIpc) is 2.67. The molecule has 6 nitrogen and oxygen atoms in total. The van der Waals surface area contributed by atoms with Crippen molar-refractivity contribution < 1.29 is 23.8 Å². The van der Waals surface area contributed by atoms with Crippen LogP contribution in [0, 0.1) is 0 Å². The van der Waals surface area contributed by atoms with Gasteiger partial charge in [-0.1, -0.05) is 30.3 Å². The molecule has 0 amide bonds. The van der Waals surface area contributed by atoms with Crippen molar-refractivity contribution in [1.82, 2.24) is 0 Å². The van der Waals surface area contributed by atoms with Crippen LogP contribution in [0.3, 0.4) is 0 Å². The second-order valence-corrected chi connectivity index (χ2v) is 4.98. The molecule has 1 N–H and O–H groups in total. The van der Waals surface area contributed by atoms with Gasteiger partial charge < -0.3 is 19.5 Å². The maximum absolute atomic E-state index is 11.9. The van der Waals surface area contributed by atoms with Crippen LogP contribution in [0.25, 0.3) is 11.1 Å². The Morgan fingerprint density at radius 3 is 2.28 bits per heavy atom. The summed E-state index contributed by atoms with van der Waals surface area (Å²) < 4.78 is 14.6. The third kappa shape index (κ3) is 4.60. The van der Waals surface area contributed by atoms with Gasteiger partial charge in [-0.15, -0.1) is 0 Å². The van der Waals surface area contributed by atoms with Crippen molar-refractivity contribution in [2.75, 3.05) is 26.6 Å². The number of carbonyl (C=O) groups is 2. The number of carbonyl (C=O) groups excluding carboxylic acids is 2. The second-order valence-electron chi connectivity index (χ2n) is 4.98. The Morgan fingerprint density at radius 2 is 1.68 bits per heavy atom. The van der Waals surface area contributed by atoms with Crippen molar-refractivity contribution >= 4 is 17.6 Å². The van der Waals surface area contributed by atoms with Gasteiger partial charge in [0.1, 0.15) is 11.4 Å². The lowest BCUT2D eigenvalue weighted by Crippen LogP contribution is -2.15. The molecule has 0 aliphatic carbocycles. The summed E-state index contributed by atoms with van der Waals surface area (Å²) in [4.78, 5) is 23.3. The number of hydrogen-bond acceptors (Lipinski definition) is 6. The van der Waals surface area contributed by atoms with Crippen molar-refractivity contribution in [2.45, 2.75) is 0 Å². The van der Waals surface area contributed by atoms with Crippen molar-refractivity contribution in [2.24, 2.45) is 0 Å². The van der Waals surface area contributed by atoms with Crippen LogP contribution in [-0.2, 0) is 19.1 Å². The van der Waals surface area contributed by atoms with Crippen LogP contribution in [0.1, 0.15) is 0 Å². The fraction of sp³-hybridized carbons (Fsp3) is 0.158. The highest BCUT2D eigenvalue weighted by molar-refractivity contribution is 5.98. The van der Waals surface area contributed by atoms with E-state index in [1.807, 2.05) is 36.4 Å². The van der Waals surface area contributed by atoms with E-state index in [0.717, 1.165) is 17.2 Å². The van der Waals surface area contributed by atoms with E-state index in [4.69, 9.17) is 4.74 Å². The summed E-state index contributed by atoms with van der Waals surface area (Å²) in [5.41, 5.74) is 2.37. The molecule has 0 fully saturated rings. The van der Waals surface area contributed by atoms with E-state index in [1.54, 1.807) is 19.2 Å². The molecule has 2 aromatic rings. The molecule has 2 rings (SSSR count). The van der Waals surface area contributed by atoms with Crippen molar-refractivity contribution in [3.63, 3.8) is 0 Å². The summed E-state index contributed by atoms with van der Waals surface area (Å²) in [5.74, 6) is -0.652. The van der Waals surface area contributed by atoms with Crippen LogP contribution >= 0.6 is 0 Å². The van der Waals surface area contributed by atoms with E-state index in [2.05, 4.69) is 14.8 Å². The van der Waals surface area contributed by atoms with Gasteiger partial charge in [0, 0.05) is 11.3 Å². The maximum Gasteiger partial charge on any atom is 0.354 e. The first-order valence-corrected chi connectivity index (χ1v) is 7.47. The van der Waals surface area contributed by atoms with E-state index in [9.17, 15) is 9.59 Å². The van der Waals surface area contributed by atoms with Crippen molar-refractivity contribution in [3.8, 4) is 16.9 Å². The molecule has 0 aromatic heterocycles. The molecular weight excluding hydrogens is 322 g/mol. The van der Waals surface area contributed by atoms with Crippen LogP contribution in [0.5, 0.6) is 5.75 Å². The first-order chi connectivity index (χ1) is 12.1. The van der Waals surface area contributed by atoms with Crippen LogP contribution in [0.4, 0.5) is 5.69 Å². The Bertz CT molecular complexity index is 784. The van der Waals surface area contributed by atoms with E-state index in [1.165, 1.54) is 14.2 Å². The first-order valence-electron chi connectivity index (χ1n) is 7.47. The Kier molecular flexibility index (Phi) is 6.17. The largest absolute Gasteiger partial charge is 0.496 e. The van der Waals surface area contributed by atoms with Crippen molar-refractivity contribution in [3.05, 3.63) is 60.3 Å². The zero-order chi connectivity index (χ0) is 18.2. The Morgan fingerprint density at radius 1 is 0.960 bits per heavy atom. The Balaban J connectivity index is 2.40. The molecule has 130 valence electrons. The molecule has 0 bridgehead atoms. The molecule has 0 radical (unpaired) electrons. The third-order valence-corrected chi connectivity index (χ3v) is 3.43. The summed E-state index contributed by atoms with van der Waals surface area (Å²) in [7, 11) is 4.05. The molecule has 0 spiro atoms. The Hall–Kier alpha value is -3.28. The zero-order valence-corrected chi connectivity index (χ0v) is 14.2. The van der Waals surface area contributed by atoms with E-state index in [-0.39, 0.29) is 5.70 Å². The van der Waals surface area contributed by atoms with E-state index in [0.29, 0.717) is 11.4 Å². The standard InChI is InChI=1S/C19H19NO5/c1-23-17-10-9-14(11-15(17)13-7-5-4-6-8-13)20-16(19(22)25-3)12-18(21)24-2/h4-12,20H,1-3H3/b16-12+. The van der Waals surface area contributed by atoms with Gasteiger partial charge in [0.25, 0.3) is 0 Å². The minimum absolute atomic E-state index is 0.0291. The zero-order valence-electron chi connectivity index (χ0n) is 14.2. The van der Waals surface area contributed by atoms with Gasteiger partial charge in [-0.2, -0.15) is 0 Å². The van der Waals surface area contributed by atoms with Crippen LogP contribution in [0.15, 0.2) is 60.3 Å². The highest BCUT2D eigenvalue weighted by Gasteiger charge is 2.14. The molecule has 0 saturated carbocycles. The van der Waals surface area contributed by atoms with Crippen LogP contribution in [-0.4, -0.2) is 33.3 Å². The lowest BCUT2D eigenvalue weighted by Gasteiger charge is -2.13. The molecule has 6 heteroatoms. The number of anilines is 1. The van der Waals surface area contributed by atoms with Gasteiger partial charge in [-0.05, 0) is 23.8 Å². The molecule has 0 heterocycles. The number of esters is 2. The second kappa shape index (κ2) is 8.54. The van der Waals surface area contributed by atoms with E-state index >= 15 is 0 Å². The number of ether oxygens (including phenoxy) is 3. The number of benzene rings is 2. The van der Waals surface area contributed by atoms with Gasteiger partial charge in [-0.3, -0.25) is 0 Å². The highest BCUT2D eigenvalue weighted by atomic mass is 16.5. The lowest BCUT2D eigenvalue weighted by molar-refractivity contribution is -0.138. The summed E-state index contributed by atoms with van der Waals surface area (Å²) in [6.45, 7) is 0. The SMILES string of the molecule is COC(=O)/C=C(/Nc1ccc(OC)c(-c2ccccc2)c1)C(=O)OC. The molecule has 0 aliphatic rings. The monoisotopic (exact) mass is 341 g/mol. The average molecular weight is 341 g/mol. The molecule has 0 aliphatic heterocycles. The highest BCUT2D eigenvalue weighted by Crippen LogP contribution is 2.32. The summed E-state index contributed by atoms with van der Waals surface area (Å²) in [6, 6.07) is 15.0. The summed E-state index contributed by atoms with van der Waals surface area (Å²) >= 11 is 0. The lowest BCUT2D eigenvalue weighted by atomic mass is 10.0. The van der Waals surface area contributed by atoms with Gasteiger partial charge in [0.05, 0.1) is 27.4 Å². The molecular formula is C19H19NO5. The number of methoxy groups -OCH3 is 3. The fourth-order valence-corrected chi connectivity index (χ4v) is 2.22. The minimum atomic E-state index is -0.678. The summed E-state index contributed by atoms with van der Waals surface area (Å²) in [6.07, 6.45) is 1.04. The van der Waals surface area contributed by atoms with Gasteiger partial charge in [0.2, 0.25) is 0 Å². The summed E-state index contributed by atoms with van der Waals surface area (Å²) in [5, 5.41) is 2.89. The minimum Gasteiger partial charge on any atom is -0.496 e. The number of rotatable bonds is 6. The van der Waals surface area contributed by atoms with Gasteiger partial charge >= 0.3 is 11.9 Å². The number of nitrogens with one attached hydrogen (secondary N) is 1. The maximum atomic E-state index is 11.9. The molecule has 25 heavy (non-hydrogen) atoms. The topological polar surface area (TPSA) is 73.9 Å². The first kappa shape index (κ1) is 18.1. The van der Waals surface area contributed by atoms with Crippen molar-refractivity contribution in [1.29, 1.82) is 0 Å². The third-order valence-electron chi connectivity index (χ3n) is 3.43. The smallest absolute Gasteiger partial charge is 0.354 e. The van der Waals surface area contributed by atoms with Crippen LogP contribution in [0.2, 0.25) is 0 Å². The normalized spacial score (nSPS) is 10.8. The quantitative estimate of drug-likeness (QED) is 0.643. The fourth-order valence-electron chi connectivity index (χ4n) is 2.22. The predicted octanol–water partition coefficient (Wildman–Crippen LogP) is 3.00. The van der Waals surface area contributed by atoms with Gasteiger partial charge in [-0.25, -0.2) is 9.59 Å². The molecule has 0 saturated heterocycles. The van der Waals surface area contributed by atoms with Gasteiger partial charge in [0.15, 0.2) is 0 Å². The molecule has 0 atom stereocenters. The number of hydrogen-bond donors (Lipinski definition) is 1. The molecule has 2 aromatic carbocycles.